The largest absolute Gasteiger partial charge is 0.490 e. The third-order valence-corrected chi connectivity index (χ3v) is 3.72. The van der Waals surface area contributed by atoms with E-state index in [1.54, 1.807) is 17.9 Å². The summed E-state index contributed by atoms with van der Waals surface area (Å²) < 4.78 is 5.85. The summed E-state index contributed by atoms with van der Waals surface area (Å²) in [4.78, 5) is 26.0. The average molecular weight is 304 g/mol. The van der Waals surface area contributed by atoms with Gasteiger partial charge in [-0.3, -0.25) is 9.59 Å². The van der Waals surface area contributed by atoms with Gasteiger partial charge in [0.2, 0.25) is 11.8 Å². The monoisotopic (exact) mass is 304 g/mol. The molecule has 1 aliphatic rings. The number of anilines is 2. The van der Waals surface area contributed by atoms with E-state index in [9.17, 15) is 9.59 Å². The van der Waals surface area contributed by atoms with Gasteiger partial charge in [-0.1, -0.05) is 13.8 Å². The van der Waals surface area contributed by atoms with Crippen molar-refractivity contribution in [3.63, 3.8) is 0 Å². The van der Waals surface area contributed by atoms with Crippen LogP contribution in [0.15, 0.2) is 18.2 Å². The maximum atomic E-state index is 12.7. The summed E-state index contributed by atoms with van der Waals surface area (Å²) in [6, 6.07) is 5.44. The summed E-state index contributed by atoms with van der Waals surface area (Å²) in [5.74, 6) is 0.662. The minimum Gasteiger partial charge on any atom is -0.490 e. The Hall–Kier alpha value is -2.04. The normalized spacial score (nSPS) is 16.5. The highest BCUT2D eigenvalue weighted by molar-refractivity contribution is 6.00. The number of rotatable bonds is 4. The van der Waals surface area contributed by atoms with Gasteiger partial charge < -0.3 is 15.0 Å². The summed E-state index contributed by atoms with van der Waals surface area (Å²) in [6.45, 7) is 8.61. The third kappa shape index (κ3) is 3.24. The lowest BCUT2D eigenvalue weighted by Gasteiger charge is -2.27. The molecule has 0 unspecified atom stereocenters. The molecule has 2 rings (SSSR count). The summed E-state index contributed by atoms with van der Waals surface area (Å²) in [5.41, 5.74) is 0.891. The predicted octanol–water partition coefficient (Wildman–Crippen LogP) is 3.20. The molecule has 1 aliphatic heterocycles. The maximum Gasteiger partial charge on any atom is 0.236 e. The third-order valence-electron chi connectivity index (χ3n) is 3.72. The van der Waals surface area contributed by atoms with E-state index < -0.39 is 5.41 Å². The van der Waals surface area contributed by atoms with Crippen LogP contribution in [0.2, 0.25) is 0 Å². The molecule has 2 amide bonds. The molecule has 0 aliphatic carbocycles. The number of amides is 2. The number of carbonyl (C=O) groups is 2. The SMILES string of the molecule is CCCN1C(=O)C(C)(C)COc2cc(NC(=O)CC)ccc21. The lowest BCUT2D eigenvalue weighted by Crippen LogP contribution is -2.42. The van der Waals surface area contributed by atoms with Crippen LogP contribution in [-0.2, 0) is 9.59 Å². The highest BCUT2D eigenvalue weighted by Crippen LogP contribution is 2.38. The molecule has 0 saturated carbocycles. The number of hydrogen-bond donors (Lipinski definition) is 1. The minimum absolute atomic E-state index is 0.0459. The first-order valence-corrected chi connectivity index (χ1v) is 7.77. The summed E-state index contributed by atoms with van der Waals surface area (Å²) in [5, 5.41) is 2.82. The molecule has 0 spiro atoms. The molecular weight excluding hydrogens is 280 g/mol. The second-order valence-electron chi connectivity index (χ2n) is 6.21. The lowest BCUT2D eigenvalue weighted by molar-refractivity contribution is -0.127. The first-order valence-electron chi connectivity index (χ1n) is 7.77. The molecule has 1 aromatic rings. The van der Waals surface area contributed by atoms with Crippen molar-refractivity contribution in [1.82, 2.24) is 0 Å². The topological polar surface area (TPSA) is 58.6 Å². The molecule has 0 radical (unpaired) electrons. The number of benzene rings is 1. The van der Waals surface area contributed by atoms with Gasteiger partial charge in [0.15, 0.2) is 0 Å². The van der Waals surface area contributed by atoms with Gasteiger partial charge in [-0.2, -0.15) is 0 Å². The standard InChI is InChI=1S/C17H24N2O3/c1-5-9-19-13-8-7-12(18-15(20)6-2)10-14(13)22-11-17(3,4)16(19)21/h7-8,10H,5-6,9,11H2,1-4H3,(H,18,20). The van der Waals surface area contributed by atoms with Gasteiger partial charge in [0, 0.05) is 24.7 Å². The Bertz CT molecular complexity index is 581. The quantitative estimate of drug-likeness (QED) is 0.929. The van der Waals surface area contributed by atoms with E-state index in [0.717, 1.165) is 12.1 Å². The van der Waals surface area contributed by atoms with Crippen LogP contribution >= 0.6 is 0 Å². The minimum atomic E-state index is -0.568. The molecule has 0 atom stereocenters. The average Bonchev–Trinajstić information content (AvgIpc) is 2.58. The second kappa shape index (κ2) is 6.38. The molecule has 1 N–H and O–H groups in total. The maximum absolute atomic E-state index is 12.7. The zero-order chi connectivity index (χ0) is 16.3. The van der Waals surface area contributed by atoms with Crippen molar-refractivity contribution in [3.05, 3.63) is 18.2 Å². The molecule has 5 nitrogen and oxygen atoms in total. The van der Waals surface area contributed by atoms with E-state index in [2.05, 4.69) is 5.32 Å². The van der Waals surface area contributed by atoms with Crippen LogP contribution < -0.4 is 15.0 Å². The van der Waals surface area contributed by atoms with Crippen molar-refractivity contribution in [2.45, 2.75) is 40.5 Å². The van der Waals surface area contributed by atoms with E-state index >= 15 is 0 Å². The Morgan fingerprint density at radius 1 is 1.36 bits per heavy atom. The van der Waals surface area contributed by atoms with Gasteiger partial charge in [-0.15, -0.1) is 0 Å². The van der Waals surface area contributed by atoms with Gasteiger partial charge in [0.05, 0.1) is 11.1 Å². The molecule has 22 heavy (non-hydrogen) atoms. The van der Waals surface area contributed by atoms with Crippen molar-refractivity contribution in [3.8, 4) is 5.75 Å². The van der Waals surface area contributed by atoms with E-state index in [-0.39, 0.29) is 11.8 Å². The van der Waals surface area contributed by atoms with Gasteiger partial charge in [-0.05, 0) is 32.4 Å². The van der Waals surface area contributed by atoms with Crippen LogP contribution in [0.3, 0.4) is 0 Å². The van der Waals surface area contributed by atoms with Crippen molar-refractivity contribution in [2.24, 2.45) is 5.41 Å². The number of fused-ring (bicyclic) bond motifs is 1. The first-order chi connectivity index (χ1) is 10.4. The first kappa shape index (κ1) is 16.3. The van der Waals surface area contributed by atoms with Crippen molar-refractivity contribution in [2.75, 3.05) is 23.4 Å². The van der Waals surface area contributed by atoms with Crippen LogP contribution in [0, 0.1) is 5.41 Å². The fourth-order valence-corrected chi connectivity index (χ4v) is 2.42. The van der Waals surface area contributed by atoms with Crippen LogP contribution in [0.25, 0.3) is 0 Å². The number of hydrogen-bond acceptors (Lipinski definition) is 3. The molecule has 120 valence electrons. The zero-order valence-electron chi connectivity index (χ0n) is 13.7. The fraction of sp³-hybridized carbons (Fsp3) is 0.529. The van der Waals surface area contributed by atoms with Crippen LogP contribution in [-0.4, -0.2) is 25.0 Å². The Morgan fingerprint density at radius 2 is 2.09 bits per heavy atom. The van der Waals surface area contributed by atoms with Gasteiger partial charge in [-0.25, -0.2) is 0 Å². The number of ether oxygens (including phenoxy) is 1. The number of nitrogens with zero attached hydrogens (tertiary/aromatic N) is 1. The molecule has 0 saturated heterocycles. The Kier molecular flexibility index (Phi) is 4.74. The highest BCUT2D eigenvalue weighted by Gasteiger charge is 2.37. The van der Waals surface area contributed by atoms with Gasteiger partial charge >= 0.3 is 0 Å². The molecule has 0 aromatic heterocycles. The van der Waals surface area contributed by atoms with Gasteiger partial charge in [0.1, 0.15) is 12.4 Å². The van der Waals surface area contributed by atoms with E-state index in [0.29, 0.717) is 31.0 Å². The summed E-state index contributed by atoms with van der Waals surface area (Å²) in [7, 11) is 0. The fourth-order valence-electron chi connectivity index (χ4n) is 2.42. The highest BCUT2D eigenvalue weighted by atomic mass is 16.5. The molecule has 1 heterocycles. The van der Waals surface area contributed by atoms with Crippen LogP contribution in [0.5, 0.6) is 5.75 Å². The van der Waals surface area contributed by atoms with Crippen LogP contribution in [0.1, 0.15) is 40.5 Å². The molecule has 0 fully saturated rings. The smallest absolute Gasteiger partial charge is 0.236 e. The van der Waals surface area contributed by atoms with Crippen molar-refractivity contribution < 1.29 is 14.3 Å². The van der Waals surface area contributed by atoms with E-state index in [1.165, 1.54) is 0 Å². The van der Waals surface area contributed by atoms with Gasteiger partial charge in [0.25, 0.3) is 0 Å². The Balaban J connectivity index is 2.39. The summed E-state index contributed by atoms with van der Waals surface area (Å²) >= 11 is 0. The second-order valence-corrected chi connectivity index (χ2v) is 6.21. The van der Waals surface area contributed by atoms with Crippen LogP contribution in [0.4, 0.5) is 11.4 Å². The zero-order valence-corrected chi connectivity index (χ0v) is 13.7. The lowest BCUT2D eigenvalue weighted by atomic mass is 9.93. The van der Waals surface area contributed by atoms with E-state index in [4.69, 9.17) is 4.74 Å². The van der Waals surface area contributed by atoms with Crippen molar-refractivity contribution in [1.29, 1.82) is 0 Å². The van der Waals surface area contributed by atoms with Crippen molar-refractivity contribution >= 4 is 23.2 Å². The molecule has 0 bridgehead atoms. The Morgan fingerprint density at radius 3 is 2.73 bits per heavy atom. The number of carbonyl (C=O) groups excluding carboxylic acids is 2. The Labute approximate surface area is 131 Å². The molecular formula is C17H24N2O3. The molecule has 1 aromatic carbocycles. The molecule has 5 heteroatoms. The van der Waals surface area contributed by atoms with E-state index in [1.807, 2.05) is 32.9 Å². The predicted molar refractivity (Wildman–Crippen MR) is 87.3 cm³/mol. The number of nitrogens with one attached hydrogen (secondary N) is 1. The summed E-state index contributed by atoms with van der Waals surface area (Å²) in [6.07, 6.45) is 1.29.